The number of likely N-dealkylation sites (tertiary alicyclic amines) is 1. The Hall–Kier alpha value is -1.61. The van der Waals surface area contributed by atoms with Gasteiger partial charge in [-0.2, -0.15) is 5.26 Å². The predicted molar refractivity (Wildman–Crippen MR) is 59.8 cm³/mol. The summed E-state index contributed by atoms with van der Waals surface area (Å²) in [5, 5.41) is 10.8. The number of carbonyl (C=O) groups is 2. The Kier molecular flexibility index (Phi) is 4.91. The SMILES string of the molecule is COC[C@H](C)N1C[C@@H](C(=O)NCC#N)CC1=O. The van der Waals surface area contributed by atoms with Crippen LogP contribution < -0.4 is 5.32 Å². The van der Waals surface area contributed by atoms with Crippen molar-refractivity contribution in [2.24, 2.45) is 5.92 Å². The molecule has 0 aromatic rings. The number of ether oxygens (including phenoxy) is 1. The molecule has 2 amide bonds. The number of amides is 2. The smallest absolute Gasteiger partial charge is 0.226 e. The number of nitrogens with one attached hydrogen (secondary N) is 1. The molecule has 0 unspecified atom stereocenters. The van der Waals surface area contributed by atoms with E-state index in [1.165, 1.54) is 0 Å². The summed E-state index contributed by atoms with van der Waals surface area (Å²) in [4.78, 5) is 25.0. The maximum Gasteiger partial charge on any atom is 0.226 e. The van der Waals surface area contributed by atoms with Crippen LogP contribution in [0, 0.1) is 17.2 Å². The summed E-state index contributed by atoms with van der Waals surface area (Å²) < 4.78 is 4.99. The third-order valence-electron chi connectivity index (χ3n) is 2.81. The normalized spacial score (nSPS) is 21.1. The average Bonchev–Trinajstić information content (AvgIpc) is 2.68. The Morgan fingerprint density at radius 2 is 2.47 bits per heavy atom. The van der Waals surface area contributed by atoms with Crippen molar-refractivity contribution in [3.8, 4) is 6.07 Å². The summed E-state index contributed by atoms with van der Waals surface area (Å²) >= 11 is 0. The molecule has 94 valence electrons. The number of nitrogens with zero attached hydrogens (tertiary/aromatic N) is 2. The molecule has 0 bridgehead atoms. The minimum atomic E-state index is -0.352. The van der Waals surface area contributed by atoms with Crippen LogP contribution >= 0.6 is 0 Å². The van der Waals surface area contributed by atoms with Crippen molar-refractivity contribution in [1.82, 2.24) is 10.2 Å². The van der Waals surface area contributed by atoms with Gasteiger partial charge in [-0.1, -0.05) is 0 Å². The van der Waals surface area contributed by atoms with E-state index in [2.05, 4.69) is 5.32 Å². The fourth-order valence-corrected chi connectivity index (χ4v) is 1.94. The quantitative estimate of drug-likeness (QED) is 0.656. The van der Waals surface area contributed by atoms with Crippen molar-refractivity contribution in [3.63, 3.8) is 0 Å². The van der Waals surface area contributed by atoms with E-state index >= 15 is 0 Å². The molecular weight excluding hydrogens is 222 g/mol. The van der Waals surface area contributed by atoms with E-state index in [0.717, 1.165) is 0 Å². The topological polar surface area (TPSA) is 82.4 Å². The van der Waals surface area contributed by atoms with Crippen LogP contribution in [-0.4, -0.2) is 49.6 Å². The van der Waals surface area contributed by atoms with Gasteiger partial charge in [-0.25, -0.2) is 0 Å². The molecule has 1 N–H and O–H groups in total. The van der Waals surface area contributed by atoms with E-state index in [-0.39, 0.29) is 36.7 Å². The Morgan fingerprint density at radius 3 is 3.06 bits per heavy atom. The molecule has 0 aliphatic carbocycles. The highest BCUT2D eigenvalue weighted by molar-refractivity contribution is 5.89. The number of rotatable bonds is 5. The third kappa shape index (κ3) is 3.43. The van der Waals surface area contributed by atoms with E-state index in [1.807, 2.05) is 13.0 Å². The van der Waals surface area contributed by atoms with Gasteiger partial charge in [0.1, 0.15) is 6.54 Å². The third-order valence-corrected chi connectivity index (χ3v) is 2.81. The number of hydrogen-bond donors (Lipinski definition) is 1. The van der Waals surface area contributed by atoms with Crippen molar-refractivity contribution in [2.75, 3.05) is 26.8 Å². The molecule has 6 heteroatoms. The second-order valence-corrected chi connectivity index (χ2v) is 4.13. The van der Waals surface area contributed by atoms with E-state index in [0.29, 0.717) is 13.2 Å². The molecule has 2 atom stereocenters. The molecule has 1 fully saturated rings. The molecule has 0 aromatic carbocycles. The van der Waals surface area contributed by atoms with Crippen LogP contribution in [0.1, 0.15) is 13.3 Å². The summed E-state index contributed by atoms with van der Waals surface area (Å²) in [5.74, 6) is -0.617. The summed E-state index contributed by atoms with van der Waals surface area (Å²) in [6.45, 7) is 2.73. The van der Waals surface area contributed by atoms with Crippen molar-refractivity contribution in [3.05, 3.63) is 0 Å². The van der Waals surface area contributed by atoms with Gasteiger partial charge in [-0.3, -0.25) is 9.59 Å². The average molecular weight is 239 g/mol. The summed E-state index contributed by atoms with van der Waals surface area (Å²) in [6.07, 6.45) is 0.214. The molecular formula is C11H17N3O3. The second kappa shape index (κ2) is 6.21. The lowest BCUT2D eigenvalue weighted by Gasteiger charge is -2.23. The van der Waals surface area contributed by atoms with Gasteiger partial charge in [0, 0.05) is 20.1 Å². The van der Waals surface area contributed by atoms with Crippen molar-refractivity contribution in [2.45, 2.75) is 19.4 Å². The fourth-order valence-electron chi connectivity index (χ4n) is 1.94. The largest absolute Gasteiger partial charge is 0.383 e. The summed E-state index contributed by atoms with van der Waals surface area (Å²) in [5.41, 5.74) is 0. The van der Waals surface area contributed by atoms with E-state index in [1.54, 1.807) is 12.0 Å². The Morgan fingerprint density at radius 1 is 1.76 bits per heavy atom. The molecule has 1 aliphatic heterocycles. The summed E-state index contributed by atoms with van der Waals surface area (Å²) in [7, 11) is 1.58. The van der Waals surface area contributed by atoms with Gasteiger partial charge in [-0.15, -0.1) is 0 Å². The highest BCUT2D eigenvalue weighted by atomic mass is 16.5. The number of carbonyl (C=O) groups excluding carboxylic acids is 2. The highest BCUT2D eigenvalue weighted by Gasteiger charge is 2.36. The Labute approximate surface area is 101 Å². The predicted octanol–water partition coefficient (Wildman–Crippen LogP) is -0.490. The zero-order chi connectivity index (χ0) is 12.8. The first-order valence-electron chi connectivity index (χ1n) is 5.53. The molecule has 1 heterocycles. The lowest BCUT2D eigenvalue weighted by molar-refractivity contribution is -0.130. The number of hydrogen-bond acceptors (Lipinski definition) is 4. The molecule has 17 heavy (non-hydrogen) atoms. The van der Waals surface area contributed by atoms with Gasteiger partial charge in [0.15, 0.2) is 0 Å². The van der Waals surface area contributed by atoms with Gasteiger partial charge in [-0.05, 0) is 6.92 Å². The standard InChI is InChI=1S/C11H17N3O3/c1-8(7-17-2)14-6-9(5-10(14)15)11(16)13-4-3-12/h8-9H,4-7H2,1-2H3,(H,13,16)/t8-,9-/m0/s1. The van der Waals surface area contributed by atoms with E-state index in [9.17, 15) is 9.59 Å². The monoisotopic (exact) mass is 239 g/mol. The van der Waals surface area contributed by atoms with Gasteiger partial charge < -0.3 is 15.0 Å². The fraction of sp³-hybridized carbons (Fsp3) is 0.727. The zero-order valence-corrected chi connectivity index (χ0v) is 10.1. The van der Waals surface area contributed by atoms with Crippen molar-refractivity contribution in [1.29, 1.82) is 5.26 Å². The highest BCUT2D eigenvalue weighted by Crippen LogP contribution is 2.20. The molecule has 0 aromatic heterocycles. The molecule has 0 saturated carbocycles. The minimum Gasteiger partial charge on any atom is -0.383 e. The first kappa shape index (κ1) is 13.5. The second-order valence-electron chi connectivity index (χ2n) is 4.13. The van der Waals surface area contributed by atoms with E-state index in [4.69, 9.17) is 10.00 Å². The van der Waals surface area contributed by atoms with Gasteiger partial charge in [0.25, 0.3) is 0 Å². The number of methoxy groups -OCH3 is 1. The molecule has 6 nitrogen and oxygen atoms in total. The first-order chi connectivity index (χ1) is 8.10. The molecule has 0 radical (unpaired) electrons. The van der Waals surface area contributed by atoms with Crippen molar-refractivity contribution >= 4 is 11.8 Å². The van der Waals surface area contributed by atoms with E-state index < -0.39 is 0 Å². The van der Waals surface area contributed by atoms with Crippen LogP contribution in [0.4, 0.5) is 0 Å². The van der Waals surface area contributed by atoms with Crippen molar-refractivity contribution < 1.29 is 14.3 Å². The van der Waals surface area contributed by atoms with Gasteiger partial charge in [0.05, 0.1) is 24.6 Å². The van der Waals surface area contributed by atoms with Gasteiger partial charge in [0.2, 0.25) is 11.8 Å². The Balaban J connectivity index is 2.51. The van der Waals surface area contributed by atoms with Crippen LogP contribution in [0.5, 0.6) is 0 Å². The van der Waals surface area contributed by atoms with Crippen LogP contribution in [0.15, 0.2) is 0 Å². The molecule has 1 rings (SSSR count). The maximum atomic E-state index is 11.7. The molecule has 1 aliphatic rings. The molecule has 1 saturated heterocycles. The van der Waals surface area contributed by atoms with Crippen LogP contribution in [0.25, 0.3) is 0 Å². The maximum absolute atomic E-state index is 11.7. The Bertz CT molecular complexity index is 337. The van der Waals surface area contributed by atoms with Crippen LogP contribution in [0.3, 0.4) is 0 Å². The first-order valence-corrected chi connectivity index (χ1v) is 5.53. The summed E-state index contributed by atoms with van der Waals surface area (Å²) in [6, 6.07) is 1.81. The molecule has 0 spiro atoms. The van der Waals surface area contributed by atoms with Crippen LogP contribution in [-0.2, 0) is 14.3 Å². The number of nitriles is 1. The van der Waals surface area contributed by atoms with Crippen LogP contribution in [0.2, 0.25) is 0 Å². The minimum absolute atomic E-state index is 0.0167. The van der Waals surface area contributed by atoms with Gasteiger partial charge >= 0.3 is 0 Å². The lowest BCUT2D eigenvalue weighted by Crippen LogP contribution is -2.39. The lowest BCUT2D eigenvalue weighted by atomic mass is 10.1. The zero-order valence-electron chi connectivity index (χ0n) is 10.1.